The number of piperidine rings is 1. The van der Waals surface area contributed by atoms with Gasteiger partial charge in [-0.15, -0.1) is 0 Å². The van der Waals surface area contributed by atoms with Gasteiger partial charge in [0.15, 0.2) is 0 Å². The van der Waals surface area contributed by atoms with E-state index in [2.05, 4.69) is 5.32 Å². The number of anilines is 1. The molecule has 2 aromatic carbocycles. The fourth-order valence-electron chi connectivity index (χ4n) is 3.22. The molecule has 0 aliphatic carbocycles. The Labute approximate surface area is 163 Å². The van der Waals surface area contributed by atoms with Crippen LogP contribution in [0.1, 0.15) is 24.8 Å². The first-order valence-corrected chi connectivity index (χ1v) is 10.6. The second-order valence-corrected chi connectivity index (χ2v) is 8.64. The molecule has 7 nitrogen and oxygen atoms in total. The predicted molar refractivity (Wildman–Crippen MR) is 104 cm³/mol. The average Bonchev–Trinajstić information content (AvgIpc) is 2.70. The first-order chi connectivity index (χ1) is 13.4. The Hall–Kier alpha value is -2.52. The lowest BCUT2D eigenvalue weighted by Crippen LogP contribution is -2.35. The van der Waals surface area contributed by atoms with Crippen LogP contribution in [-0.2, 0) is 16.4 Å². The van der Waals surface area contributed by atoms with Crippen LogP contribution in [0.2, 0.25) is 0 Å². The van der Waals surface area contributed by atoms with Gasteiger partial charge in [0.05, 0.1) is 9.82 Å². The molecule has 2 aromatic rings. The smallest absolute Gasteiger partial charge is 0.293 e. The van der Waals surface area contributed by atoms with Gasteiger partial charge in [0, 0.05) is 25.7 Å². The zero-order valence-electron chi connectivity index (χ0n) is 15.3. The van der Waals surface area contributed by atoms with Gasteiger partial charge in [-0.2, -0.15) is 4.31 Å². The molecule has 0 unspecified atom stereocenters. The zero-order chi connectivity index (χ0) is 20.1. The van der Waals surface area contributed by atoms with Gasteiger partial charge in [0.2, 0.25) is 10.0 Å². The number of nitro benzene ring substituents is 1. The summed E-state index contributed by atoms with van der Waals surface area (Å²) in [7, 11) is -3.74. The van der Waals surface area contributed by atoms with Crippen LogP contribution in [0.4, 0.5) is 15.8 Å². The molecule has 1 aliphatic heterocycles. The minimum Gasteiger partial charge on any atom is -0.379 e. The molecule has 150 valence electrons. The Morgan fingerprint density at radius 3 is 2.39 bits per heavy atom. The van der Waals surface area contributed by atoms with Crippen molar-refractivity contribution in [3.05, 3.63) is 64.0 Å². The van der Waals surface area contributed by atoms with E-state index in [-0.39, 0.29) is 22.1 Å². The third-order valence-corrected chi connectivity index (χ3v) is 6.66. The van der Waals surface area contributed by atoms with Gasteiger partial charge >= 0.3 is 0 Å². The largest absolute Gasteiger partial charge is 0.379 e. The number of benzene rings is 2. The lowest BCUT2D eigenvalue weighted by molar-refractivity contribution is -0.384. The quantitative estimate of drug-likeness (QED) is 0.560. The van der Waals surface area contributed by atoms with E-state index in [0.717, 1.165) is 30.9 Å². The van der Waals surface area contributed by atoms with Crippen LogP contribution in [0.25, 0.3) is 0 Å². The van der Waals surface area contributed by atoms with Crippen molar-refractivity contribution >= 4 is 21.4 Å². The van der Waals surface area contributed by atoms with E-state index in [1.165, 1.54) is 28.6 Å². The molecule has 0 bridgehead atoms. The third kappa shape index (κ3) is 4.66. The van der Waals surface area contributed by atoms with Crippen molar-refractivity contribution in [1.82, 2.24) is 4.31 Å². The van der Waals surface area contributed by atoms with E-state index in [1.807, 2.05) is 0 Å². The first kappa shape index (κ1) is 20.2. The normalized spacial score (nSPS) is 15.3. The van der Waals surface area contributed by atoms with E-state index in [9.17, 15) is 22.9 Å². The van der Waals surface area contributed by atoms with E-state index >= 15 is 0 Å². The number of hydrogen-bond donors (Lipinski definition) is 1. The number of nitrogens with zero attached hydrogens (tertiary/aromatic N) is 2. The minimum atomic E-state index is -3.74. The fourth-order valence-corrected chi connectivity index (χ4v) is 4.76. The maximum atomic E-state index is 12.9. The number of rotatable bonds is 7. The molecular weight excluding hydrogens is 385 g/mol. The molecule has 0 aromatic heterocycles. The van der Waals surface area contributed by atoms with E-state index < -0.39 is 14.9 Å². The summed E-state index contributed by atoms with van der Waals surface area (Å²) in [6.45, 7) is 1.27. The summed E-state index contributed by atoms with van der Waals surface area (Å²) in [6.07, 6.45) is 3.13. The maximum absolute atomic E-state index is 12.9. The molecule has 1 saturated heterocycles. The Morgan fingerprint density at radius 1 is 1.07 bits per heavy atom. The molecule has 3 rings (SSSR count). The van der Waals surface area contributed by atoms with Gasteiger partial charge in [0.1, 0.15) is 11.5 Å². The van der Waals surface area contributed by atoms with E-state index in [0.29, 0.717) is 26.1 Å². The average molecular weight is 407 g/mol. The summed E-state index contributed by atoms with van der Waals surface area (Å²) < 4.78 is 39.8. The zero-order valence-corrected chi connectivity index (χ0v) is 16.1. The highest BCUT2D eigenvalue weighted by atomic mass is 32.2. The summed E-state index contributed by atoms with van der Waals surface area (Å²) in [4.78, 5) is 10.8. The molecule has 1 fully saturated rings. The third-order valence-electron chi connectivity index (χ3n) is 4.76. The molecule has 9 heteroatoms. The van der Waals surface area contributed by atoms with E-state index in [1.54, 1.807) is 12.1 Å². The fraction of sp³-hybridized carbons (Fsp3) is 0.368. The second-order valence-electron chi connectivity index (χ2n) is 6.70. The standard InChI is InChI=1S/C19H22FN3O4S/c20-16-6-4-15(5-7-16)10-11-21-18-9-8-17(14-19(18)23(24)25)28(26,27)22-12-2-1-3-13-22/h4-9,14,21H,1-3,10-13H2. The van der Waals surface area contributed by atoms with Crippen LogP contribution in [0.15, 0.2) is 47.4 Å². The monoisotopic (exact) mass is 407 g/mol. The van der Waals surface area contributed by atoms with Crippen LogP contribution >= 0.6 is 0 Å². The predicted octanol–water partition coefficient (Wildman–Crippen LogP) is 3.56. The summed E-state index contributed by atoms with van der Waals surface area (Å²) in [5.74, 6) is -0.321. The van der Waals surface area contributed by atoms with Gasteiger partial charge in [-0.25, -0.2) is 12.8 Å². The molecule has 0 amide bonds. The number of nitro groups is 1. The lowest BCUT2D eigenvalue weighted by Gasteiger charge is -2.25. The molecule has 1 aliphatic rings. The van der Waals surface area contributed by atoms with Gasteiger partial charge in [-0.05, 0) is 49.1 Å². The number of hydrogen-bond acceptors (Lipinski definition) is 5. The van der Waals surface area contributed by atoms with Gasteiger partial charge in [-0.1, -0.05) is 18.6 Å². The molecular formula is C19H22FN3O4S. The van der Waals surface area contributed by atoms with Crippen LogP contribution in [-0.4, -0.2) is 37.3 Å². The number of halogens is 1. The molecule has 28 heavy (non-hydrogen) atoms. The van der Waals surface area contributed by atoms with Crippen LogP contribution in [0.5, 0.6) is 0 Å². The molecule has 0 radical (unpaired) electrons. The summed E-state index contributed by atoms with van der Waals surface area (Å²) >= 11 is 0. The Kier molecular flexibility index (Phi) is 6.25. The summed E-state index contributed by atoms with van der Waals surface area (Å²) in [5, 5.41) is 14.4. The van der Waals surface area contributed by atoms with Gasteiger partial charge in [-0.3, -0.25) is 10.1 Å². The Morgan fingerprint density at radius 2 is 1.75 bits per heavy atom. The van der Waals surface area contributed by atoms with Crippen molar-refractivity contribution in [2.45, 2.75) is 30.6 Å². The van der Waals surface area contributed by atoms with Crippen LogP contribution in [0.3, 0.4) is 0 Å². The van der Waals surface area contributed by atoms with Crippen molar-refractivity contribution in [3.8, 4) is 0 Å². The SMILES string of the molecule is O=[N+]([O-])c1cc(S(=O)(=O)N2CCCCC2)ccc1NCCc1ccc(F)cc1. The lowest BCUT2D eigenvalue weighted by atomic mass is 10.1. The van der Waals surface area contributed by atoms with Crippen molar-refractivity contribution < 1.29 is 17.7 Å². The minimum absolute atomic E-state index is 0.0646. The maximum Gasteiger partial charge on any atom is 0.293 e. The number of nitrogens with one attached hydrogen (secondary N) is 1. The van der Waals surface area contributed by atoms with Crippen LogP contribution in [0, 0.1) is 15.9 Å². The molecule has 0 atom stereocenters. The highest BCUT2D eigenvalue weighted by Gasteiger charge is 2.28. The molecule has 1 heterocycles. The van der Waals surface area contributed by atoms with Crippen molar-refractivity contribution in [1.29, 1.82) is 0 Å². The van der Waals surface area contributed by atoms with Gasteiger partial charge < -0.3 is 5.32 Å². The summed E-state index contributed by atoms with van der Waals surface area (Å²) in [6, 6.07) is 9.97. The first-order valence-electron chi connectivity index (χ1n) is 9.15. The van der Waals surface area contributed by atoms with Crippen LogP contribution < -0.4 is 5.32 Å². The Balaban J connectivity index is 1.75. The molecule has 0 spiro atoms. The topological polar surface area (TPSA) is 92.5 Å². The summed E-state index contributed by atoms with van der Waals surface area (Å²) in [5.41, 5.74) is 0.864. The molecule has 1 N–H and O–H groups in total. The van der Waals surface area contributed by atoms with E-state index in [4.69, 9.17) is 0 Å². The highest BCUT2D eigenvalue weighted by molar-refractivity contribution is 7.89. The molecule has 0 saturated carbocycles. The second kappa shape index (κ2) is 8.66. The highest BCUT2D eigenvalue weighted by Crippen LogP contribution is 2.30. The van der Waals surface area contributed by atoms with Crippen molar-refractivity contribution in [3.63, 3.8) is 0 Å². The Bertz CT molecular complexity index is 942. The van der Waals surface area contributed by atoms with Gasteiger partial charge in [0.25, 0.3) is 5.69 Å². The van der Waals surface area contributed by atoms with Crippen molar-refractivity contribution in [2.24, 2.45) is 0 Å². The van der Waals surface area contributed by atoms with Crippen molar-refractivity contribution in [2.75, 3.05) is 25.0 Å². The number of sulfonamides is 1.